The van der Waals surface area contributed by atoms with Gasteiger partial charge in [0.1, 0.15) is 0 Å². The Morgan fingerprint density at radius 1 is 1.29 bits per heavy atom. The van der Waals surface area contributed by atoms with Crippen LogP contribution in [0.15, 0.2) is 18.2 Å². The predicted octanol–water partition coefficient (Wildman–Crippen LogP) is 2.65. The molecule has 2 atom stereocenters. The third-order valence-electron chi connectivity index (χ3n) is 4.39. The van der Waals surface area contributed by atoms with Crippen LogP contribution >= 0.6 is 0 Å². The van der Waals surface area contributed by atoms with Crippen molar-refractivity contribution in [2.45, 2.75) is 38.8 Å². The first-order valence-electron chi connectivity index (χ1n) is 7.71. The molecule has 4 nitrogen and oxygen atoms in total. The van der Waals surface area contributed by atoms with Crippen molar-refractivity contribution in [2.75, 3.05) is 27.3 Å². The zero-order valence-electron chi connectivity index (χ0n) is 13.7. The average molecular weight is 292 g/mol. The minimum absolute atomic E-state index is 0.325. The molecule has 1 aliphatic heterocycles. The average Bonchev–Trinajstić information content (AvgIpc) is 2.46. The largest absolute Gasteiger partial charge is 0.493 e. The minimum Gasteiger partial charge on any atom is -0.493 e. The third kappa shape index (κ3) is 3.89. The lowest BCUT2D eigenvalue weighted by Gasteiger charge is -2.43. The maximum absolute atomic E-state index is 6.60. The standard InChI is InChI=1S/C17H28N2O2/c1-13-6-5-9-19(12-13)17(2,18)11-14-7-8-15(20-3)16(10-14)21-4/h7-8,10,13H,5-6,9,11-12,18H2,1-4H3. The lowest BCUT2D eigenvalue weighted by molar-refractivity contribution is 0.0627. The van der Waals surface area contributed by atoms with E-state index in [4.69, 9.17) is 15.2 Å². The van der Waals surface area contributed by atoms with E-state index in [-0.39, 0.29) is 5.66 Å². The van der Waals surface area contributed by atoms with E-state index in [1.165, 1.54) is 18.4 Å². The summed E-state index contributed by atoms with van der Waals surface area (Å²) >= 11 is 0. The molecule has 0 saturated carbocycles. The maximum atomic E-state index is 6.60. The fourth-order valence-corrected chi connectivity index (χ4v) is 3.17. The molecule has 2 unspecified atom stereocenters. The van der Waals surface area contributed by atoms with Crippen LogP contribution in [-0.4, -0.2) is 37.9 Å². The minimum atomic E-state index is -0.325. The number of benzene rings is 1. The van der Waals surface area contributed by atoms with Crippen molar-refractivity contribution in [2.24, 2.45) is 11.7 Å². The first-order valence-corrected chi connectivity index (χ1v) is 7.71. The van der Waals surface area contributed by atoms with Crippen molar-refractivity contribution >= 4 is 0 Å². The van der Waals surface area contributed by atoms with Gasteiger partial charge in [0.2, 0.25) is 0 Å². The van der Waals surface area contributed by atoms with Crippen LogP contribution in [0, 0.1) is 5.92 Å². The molecule has 0 amide bonds. The highest BCUT2D eigenvalue weighted by Crippen LogP contribution is 2.30. The molecule has 0 aliphatic carbocycles. The number of likely N-dealkylation sites (tertiary alicyclic amines) is 1. The van der Waals surface area contributed by atoms with E-state index in [2.05, 4.69) is 24.8 Å². The predicted molar refractivity (Wildman–Crippen MR) is 85.8 cm³/mol. The Labute approximate surface area is 128 Å². The summed E-state index contributed by atoms with van der Waals surface area (Å²) in [7, 11) is 3.31. The van der Waals surface area contributed by atoms with Crippen LogP contribution in [0.2, 0.25) is 0 Å². The smallest absolute Gasteiger partial charge is 0.160 e. The second-order valence-electron chi connectivity index (χ2n) is 6.42. The fourth-order valence-electron chi connectivity index (χ4n) is 3.17. The maximum Gasteiger partial charge on any atom is 0.160 e. The number of ether oxygens (including phenoxy) is 2. The molecule has 1 aromatic rings. The number of hydrogen-bond acceptors (Lipinski definition) is 4. The summed E-state index contributed by atoms with van der Waals surface area (Å²) in [6.07, 6.45) is 3.35. The molecule has 1 aromatic carbocycles. The Morgan fingerprint density at radius 2 is 2.00 bits per heavy atom. The zero-order valence-corrected chi connectivity index (χ0v) is 13.7. The molecule has 4 heteroatoms. The molecule has 2 rings (SSSR count). The van der Waals surface area contributed by atoms with Gasteiger partial charge in [-0.05, 0) is 49.9 Å². The zero-order chi connectivity index (χ0) is 15.5. The van der Waals surface area contributed by atoms with Crippen molar-refractivity contribution in [3.05, 3.63) is 23.8 Å². The van der Waals surface area contributed by atoms with E-state index in [0.717, 1.165) is 36.9 Å². The van der Waals surface area contributed by atoms with E-state index in [0.29, 0.717) is 0 Å². The van der Waals surface area contributed by atoms with Crippen LogP contribution in [0.3, 0.4) is 0 Å². The van der Waals surface area contributed by atoms with Gasteiger partial charge in [0, 0.05) is 13.0 Å². The van der Waals surface area contributed by atoms with E-state index >= 15 is 0 Å². The second kappa shape index (κ2) is 6.67. The number of hydrogen-bond donors (Lipinski definition) is 1. The molecule has 0 bridgehead atoms. The number of methoxy groups -OCH3 is 2. The van der Waals surface area contributed by atoms with E-state index in [9.17, 15) is 0 Å². The molecular weight excluding hydrogens is 264 g/mol. The van der Waals surface area contributed by atoms with Gasteiger partial charge in [0.25, 0.3) is 0 Å². The highest BCUT2D eigenvalue weighted by atomic mass is 16.5. The number of nitrogens with two attached hydrogens (primary N) is 1. The molecule has 0 radical (unpaired) electrons. The van der Waals surface area contributed by atoms with E-state index in [1.54, 1.807) is 14.2 Å². The molecule has 21 heavy (non-hydrogen) atoms. The normalized spacial score (nSPS) is 22.6. The van der Waals surface area contributed by atoms with Gasteiger partial charge in [-0.1, -0.05) is 13.0 Å². The molecule has 1 heterocycles. The van der Waals surface area contributed by atoms with Gasteiger partial charge in [0.15, 0.2) is 11.5 Å². The monoisotopic (exact) mass is 292 g/mol. The van der Waals surface area contributed by atoms with Crippen molar-refractivity contribution < 1.29 is 9.47 Å². The molecule has 2 N–H and O–H groups in total. The highest BCUT2D eigenvalue weighted by Gasteiger charge is 2.31. The molecule has 0 spiro atoms. The molecule has 0 aromatic heterocycles. The summed E-state index contributed by atoms with van der Waals surface area (Å²) in [5.74, 6) is 2.25. The summed E-state index contributed by atoms with van der Waals surface area (Å²) in [5.41, 5.74) is 7.45. The quantitative estimate of drug-likeness (QED) is 0.906. The van der Waals surface area contributed by atoms with Gasteiger partial charge in [-0.2, -0.15) is 0 Å². The van der Waals surface area contributed by atoms with Gasteiger partial charge in [-0.15, -0.1) is 0 Å². The Morgan fingerprint density at radius 3 is 2.62 bits per heavy atom. The molecular formula is C17H28N2O2. The molecule has 1 fully saturated rings. The Hall–Kier alpha value is -1.26. The first-order chi connectivity index (χ1) is 9.96. The van der Waals surface area contributed by atoms with Crippen LogP contribution in [0.4, 0.5) is 0 Å². The topological polar surface area (TPSA) is 47.7 Å². The van der Waals surface area contributed by atoms with E-state index < -0.39 is 0 Å². The fraction of sp³-hybridized carbons (Fsp3) is 0.647. The van der Waals surface area contributed by atoms with Crippen molar-refractivity contribution in [1.82, 2.24) is 4.90 Å². The van der Waals surface area contributed by atoms with Gasteiger partial charge in [-0.3, -0.25) is 4.90 Å². The van der Waals surface area contributed by atoms with Gasteiger partial charge in [-0.25, -0.2) is 0 Å². The summed E-state index contributed by atoms with van der Waals surface area (Å²) < 4.78 is 10.7. The van der Waals surface area contributed by atoms with Crippen LogP contribution in [0.5, 0.6) is 11.5 Å². The van der Waals surface area contributed by atoms with Gasteiger partial charge >= 0.3 is 0 Å². The highest BCUT2D eigenvalue weighted by molar-refractivity contribution is 5.43. The van der Waals surface area contributed by atoms with Crippen molar-refractivity contribution in [3.8, 4) is 11.5 Å². The van der Waals surface area contributed by atoms with Crippen LogP contribution in [0.1, 0.15) is 32.3 Å². The lowest BCUT2D eigenvalue weighted by atomic mass is 9.93. The van der Waals surface area contributed by atoms with Gasteiger partial charge in [0.05, 0.1) is 19.9 Å². The third-order valence-corrected chi connectivity index (χ3v) is 4.39. The summed E-state index contributed by atoms with van der Waals surface area (Å²) in [6, 6.07) is 6.04. The van der Waals surface area contributed by atoms with E-state index in [1.807, 2.05) is 12.1 Å². The molecule has 1 aliphatic rings. The van der Waals surface area contributed by atoms with Gasteiger partial charge < -0.3 is 15.2 Å². The summed E-state index contributed by atoms with van der Waals surface area (Å²) in [4.78, 5) is 2.41. The van der Waals surface area contributed by atoms with Crippen molar-refractivity contribution in [3.63, 3.8) is 0 Å². The second-order valence-corrected chi connectivity index (χ2v) is 6.42. The van der Waals surface area contributed by atoms with Crippen LogP contribution < -0.4 is 15.2 Å². The Bertz CT molecular complexity index is 474. The number of rotatable bonds is 5. The van der Waals surface area contributed by atoms with Crippen LogP contribution in [-0.2, 0) is 6.42 Å². The van der Waals surface area contributed by atoms with Crippen molar-refractivity contribution in [1.29, 1.82) is 0 Å². The first kappa shape index (κ1) is 16.1. The van der Waals surface area contributed by atoms with Crippen LogP contribution in [0.25, 0.3) is 0 Å². The summed E-state index contributed by atoms with van der Waals surface area (Å²) in [5, 5.41) is 0. The number of nitrogens with zero attached hydrogens (tertiary/aromatic N) is 1. The Balaban J connectivity index is 2.12. The SMILES string of the molecule is COc1ccc(CC(C)(N)N2CCCC(C)C2)cc1OC. The molecule has 118 valence electrons. The summed E-state index contributed by atoms with van der Waals surface area (Å²) in [6.45, 7) is 6.60. The Kier molecular flexibility index (Phi) is 5.12. The lowest BCUT2D eigenvalue weighted by Crippen LogP contribution is -2.58. The number of piperidine rings is 1. The molecule has 1 saturated heterocycles.